The maximum atomic E-state index is 13.8. The van der Waals surface area contributed by atoms with Crippen molar-refractivity contribution in [3.8, 4) is 0 Å². The van der Waals surface area contributed by atoms with E-state index >= 15 is 0 Å². The van der Waals surface area contributed by atoms with Crippen molar-refractivity contribution in [2.24, 2.45) is 0 Å². The summed E-state index contributed by atoms with van der Waals surface area (Å²) in [5.74, 6) is -0.779. The minimum atomic E-state index is -4.06. The highest BCUT2D eigenvalue weighted by Gasteiger charge is 2.32. The lowest BCUT2D eigenvalue weighted by atomic mass is 10.1. The molecule has 3 aromatic carbocycles. The third-order valence-electron chi connectivity index (χ3n) is 5.71. The van der Waals surface area contributed by atoms with E-state index in [0.717, 1.165) is 24.3 Å². The predicted molar refractivity (Wildman–Crippen MR) is 158 cm³/mol. The molecule has 0 heterocycles. The average molecular weight is 698 g/mol. The number of halogens is 2. The number of amides is 2. The van der Waals surface area contributed by atoms with E-state index in [9.17, 15) is 18.0 Å². The molecule has 10 heteroatoms. The van der Waals surface area contributed by atoms with Crippen LogP contribution in [0.5, 0.6) is 0 Å². The Morgan fingerprint density at radius 3 is 2.19 bits per heavy atom. The van der Waals surface area contributed by atoms with E-state index in [4.69, 9.17) is 0 Å². The molecule has 0 aliphatic heterocycles. The van der Waals surface area contributed by atoms with Crippen LogP contribution in [-0.2, 0) is 26.2 Å². The minimum Gasteiger partial charge on any atom is -0.354 e. The smallest absolute Gasteiger partial charge is 0.264 e. The van der Waals surface area contributed by atoms with Crippen LogP contribution in [0.3, 0.4) is 0 Å². The Balaban J connectivity index is 1.99. The van der Waals surface area contributed by atoms with Crippen molar-refractivity contribution in [3.05, 3.63) is 92.5 Å². The van der Waals surface area contributed by atoms with Gasteiger partial charge in [-0.05, 0) is 90.0 Å². The zero-order chi connectivity index (χ0) is 27.0. The van der Waals surface area contributed by atoms with Crippen LogP contribution < -0.4 is 9.62 Å². The number of sulfonamides is 1. The average Bonchev–Trinajstić information content (AvgIpc) is 2.90. The van der Waals surface area contributed by atoms with Gasteiger partial charge in [0.05, 0.1) is 10.6 Å². The van der Waals surface area contributed by atoms with E-state index < -0.39 is 28.5 Å². The zero-order valence-corrected chi connectivity index (χ0v) is 25.2. The van der Waals surface area contributed by atoms with Crippen LogP contribution >= 0.6 is 38.5 Å². The molecule has 0 aromatic heterocycles. The Morgan fingerprint density at radius 2 is 1.59 bits per heavy atom. The van der Waals surface area contributed by atoms with Crippen molar-refractivity contribution in [1.29, 1.82) is 0 Å². The lowest BCUT2D eigenvalue weighted by Gasteiger charge is -2.32. The van der Waals surface area contributed by atoms with Gasteiger partial charge in [0.1, 0.15) is 12.6 Å². The van der Waals surface area contributed by atoms with Crippen LogP contribution in [-0.4, -0.2) is 44.3 Å². The minimum absolute atomic E-state index is 0.0783. The number of anilines is 1. The fraction of sp³-hybridized carbons (Fsp3) is 0.259. The van der Waals surface area contributed by atoms with E-state index in [0.29, 0.717) is 12.2 Å². The number of nitrogens with one attached hydrogen (secondary N) is 1. The normalized spacial score (nSPS) is 12.0. The number of carbonyl (C=O) groups is 2. The summed E-state index contributed by atoms with van der Waals surface area (Å²) < 4.78 is 30.3. The largest absolute Gasteiger partial charge is 0.354 e. The summed E-state index contributed by atoms with van der Waals surface area (Å²) in [6, 6.07) is 21.6. The van der Waals surface area contributed by atoms with Gasteiger partial charge in [-0.2, -0.15) is 0 Å². The SMILES string of the molecule is CCCNC(=O)[C@H](C)N(Cc1ccc(Br)cc1)C(=O)CN(c1ccc(I)cc1)S(=O)(=O)c1ccccc1. The van der Waals surface area contributed by atoms with Crippen LogP contribution in [0.1, 0.15) is 25.8 Å². The summed E-state index contributed by atoms with van der Waals surface area (Å²) in [4.78, 5) is 28.2. The van der Waals surface area contributed by atoms with Crippen LogP contribution in [0.25, 0.3) is 0 Å². The number of hydrogen-bond acceptors (Lipinski definition) is 4. The highest BCUT2D eigenvalue weighted by atomic mass is 127. The fourth-order valence-electron chi connectivity index (χ4n) is 3.62. The monoisotopic (exact) mass is 697 g/mol. The second-order valence-electron chi connectivity index (χ2n) is 8.42. The van der Waals surface area contributed by atoms with Gasteiger partial charge >= 0.3 is 0 Å². The fourth-order valence-corrected chi connectivity index (χ4v) is 5.68. The molecule has 0 unspecified atom stereocenters. The molecule has 196 valence electrons. The first kappa shape index (κ1) is 29.1. The lowest BCUT2D eigenvalue weighted by Crippen LogP contribution is -2.51. The summed E-state index contributed by atoms with van der Waals surface area (Å²) >= 11 is 5.55. The molecule has 3 rings (SSSR count). The Bertz CT molecular complexity index is 1300. The van der Waals surface area contributed by atoms with Gasteiger partial charge in [0.25, 0.3) is 10.0 Å². The molecule has 0 saturated carbocycles. The van der Waals surface area contributed by atoms with E-state index in [1.54, 1.807) is 49.4 Å². The maximum Gasteiger partial charge on any atom is 0.264 e. The van der Waals surface area contributed by atoms with Gasteiger partial charge in [0.2, 0.25) is 11.8 Å². The number of nitrogens with zero attached hydrogens (tertiary/aromatic N) is 2. The zero-order valence-electron chi connectivity index (χ0n) is 20.6. The summed E-state index contributed by atoms with van der Waals surface area (Å²) in [6.45, 7) is 3.78. The number of benzene rings is 3. The van der Waals surface area contributed by atoms with Gasteiger partial charge in [0, 0.05) is 21.1 Å². The van der Waals surface area contributed by atoms with E-state index in [1.807, 2.05) is 31.2 Å². The second-order valence-corrected chi connectivity index (χ2v) is 12.4. The molecule has 1 N–H and O–H groups in total. The van der Waals surface area contributed by atoms with Crippen molar-refractivity contribution in [1.82, 2.24) is 10.2 Å². The molecule has 7 nitrogen and oxygen atoms in total. The standard InChI is InChI=1S/C27H29BrIN3O4S/c1-3-17-30-27(34)20(2)31(18-21-9-11-22(28)12-10-21)26(33)19-32(24-15-13-23(29)14-16-24)37(35,36)25-7-5-4-6-8-25/h4-16,20H,3,17-19H2,1-2H3,(H,30,34)/t20-/m0/s1. The number of rotatable bonds is 11. The van der Waals surface area contributed by atoms with Crippen LogP contribution in [0, 0.1) is 3.57 Å². The van der Waals surface area contributed by atoms with Crippen molar-refractivity contribution in [2.75, 3.05) is 17.4 Å². The Morgan fingerprint density at radius 1 is 0.973 bits per heavy atom. The molecule has 0 radical (unpaired) electrons. The maximum absolute atomic E-state index is 13.8. The third kappa shape index (κ3) is 7.78. The number of hydrogen-bond donors (Lipinski definition) is 1. The first-order chi connectivity index (χ1) is 17.6. The summed E-state index contributed by atoms with van der Waals surface area (Å²) in [6.07, 6.45) is 0.759. The highest BCUT2D eigenvalue weighted by molar-refractivity contribution is 14.1. The van der Waals surface area contributed by atoms with Crippen LogP contribution in [0.15, 0.2) is 88.2 Å². The molecule has 0 aliphatic rings. The molecule has 0 fully saturated rings. The van der Waals surface area contributed by atoms with Gasteiger partial charge < -0.3 is 10.2 Å². The van der Waals surface area contributed by atoms with Gasteiger partial charge in [0.15, 0.2) is 0 Å². The van der Waals surface area contributed by atoms with Gasteiger partial charge in [-0.1, -0.05) is 53.2 Å². The summed E-state index contributed by atoms with van der Waals surface area (Å²) in [7, 11) is -4.06. The molecular formula is C27H29BrIN3O4S. The quantitative estimate of drug-likeness (QED) is 0.280. The molecule has 0 spiro atoms. The van der Waals surface area contributed by atoms with Crippen LogP contribution in [0.4, 0.5) is 5.69 Å². The van der Waals surface area contributed by atoms with Crippen molar-refractivity contribution < 1.29 is 18.0 Å². The summed E-state index contributed by atoms with van der Waals surface area (Å²) in [5.41, 5.74) is 1.18. The van der Waals surface area contributed by atoms with Gasteiger partial charge in [-0.3, -0.25) is 13.9 Å². The highest BCUT2D eigenvalue weighted by Crippen LogP contribution is 2.25. The third-order valence-corrected chi connectivity index (χ3v) is 8.74. The van der Waals surface area contributed by atoms with Gasteiger partial charge in [-0.25, -0.2) is 8.42 Å². The lowest BCUT2D eigenvalue weighted by molar-refractivity contribution is -0.139. The Hall–Kier alpha value is -2.44. The van der Waals surface area contributed by atoms with Gasteiger partial charge in [-0.15, -0.1) is 0 Å². The Labute approximate surface area is 240 Å². The second kappa shape index (κ2) is 13.4. The summed E-state index contributed by atoms with van der Waals surface area (Å²) in [5, 5.41) is 2.84. The van der Waals surface area contributed by atoms with E-state index in [-0.39, 0.29) is 17.3 Å². The first-order valence-electron chi connectivity index (χ1n) is 11.8. The van der Waals surface area contributed by atoms with Crippen molar-refractivity contribution >= 4 is 66.0 Å². The molecular weight excluding hydrogens is 669 g/mol. The molecule has 0 saturated heterocycles. The Kier molecular flexibility index (Phi) is 10.5. The van der Waals surface area contributed by atoms with Crippen molar-refractivity contribution in [2.45, 2.75) is 37.8 Å². The van der Waals surface area contributed by atoms with Crippen molar-refractivity contribution in [3.63, 3.8) is 0 Å². The van der Waals surface area contributed by atoms with Crippen LogP contribution in [0.2, 0.25) is 0 Å². The molecule has 2 amide bonds. The topological polar surface area (TPSA) is 86.8 Å². The molecule has 0 bridgehead atoms. The molecule has 37 heavy (non-hydrogen) atoms. The molecule has 3 aromatic rings. The van der Waals surface area contributed by atoms with E-state index in [1.165, 1.54) is 17.0 Å². The predicted octanol–water partition coefficient (Wildman–Crippen LogP) is 5.19. The first-order valence-corrected chi connectivity index (χ1v) is 15.1. The molecule has 0 aliphatic carbocycles. The van der Waals surface area contributed by atoms with E-state index in [2.05, 4.69) is 43.8 Å². The molecule has 1 atom stereocenters. The number of carbonyl (C=O) groups excluding carboxylic acids is 2.